The molecule has 1 fully saturated rings. The van der Waals surface area contributed by atoms with Gasteiger partial charge < -0.3 is 9.31 Å². The molecule has 1 aliphatic heterocycles. The molecule has 1 heterocycles. The molecule has 0 amide bonds. The molecule has 0 saturated carbocycles. The summed E-state index contributed by atoms with van der Waals surface area (Å²) in [6.07, 6.45) is 0. The van der Waals surface area contributed by atoms with Gasteiger partial charge >= 0.3 is 7.01 Å². The second-order valence-corrected chi connectivity index (χ2v) is 4.09. The van der Waals surface area contributed by atoms with Crippen molar-refractivity contribution >= 4 is 14.2 Å². The van der Waals surface area contributed by atoms with Crippen molar-refractivity contribution in [2.24, 2.45) is 0 Å². The maximum Gasteiger partial charge on any atom is 0.402 e. The van der Waals surface area contributed by atoms with E-state index in [0.717, 1.165) is 7.17 Å². The summed E-state index contributed by atoms with van der Waals surface area (Å²) in [6, 6.07) is 0. The lowest BCUT2D eigenvalue weighted by Gasteiger charge is -2.32. The first-order chi connectivity index (χ1) is 4.89. The molecule has 0 spiro atoms. The maximum absolute atomic E-state index is 5.69. The van der Waals surface area contributed by atoms with Crippen LogP contribution < -0.4 is 0 Å². The molecular formula is C7H16B2O2. The summed E-state index contributed by atoms with van der Waals surface area (Å²) in [4.78, 5) is 0. The average Bonchev–Trinajstić information content (AvgIpc) is 2.03. The third-order valence-electron chi connectivity index (χ3n) is 2.64. The van der Waals surface area contributed by atoms with E-state index in [4.69, 9.17) is 9.31 Å². The molecule has 1 aliphatic rings. The summed E-state index contributed by atoms with van der Waals surface area (Å²) in [6.45, 7) is 10.4. The van der Waals surface area contributed by atoms with Crippen LogP contribution in [-0.2, 0) is 9.31 Å². The first-order valence-electron chi connectivity index (χ1n) is 4.25. The normalized spacial score (nSPS) is 27.2. The zero-order valence-corrected chi connectivity index (χ0v) is 8.10. The molecule has 1 rings (SSSR count). The summed E-state index contributed by atoms with van der Waals surface area (Å²) in [7, 11) is 0.910. The van der Waals surface area contributed by atoms with Crippen LogP contribution in [0.1, 0.15) is 27.7 Å². The SMILES string of the molecule is CBB1OC(C)(C)C(C)(C)O1. The molecule has 11 heavy (non-hydrogen) atoms. The van der Waals surface area contributed by atoms with Gasteiger partial charge in [-0.25, -0.2) is 0 Å². The topological polar surface area (TPSA) is 18.5 Å². The molecule has 0 aliphatic carbocycles. The van der Waals surface area contributed by atoms with Crippen molar-refractivity contribution in [3.05, 3.63) is 0 Å². The van der Waals surface area contributed by atoms with Crippen LogP contribution in [0.4, 0.5) is 0 Å². The van der Waals surface area contributed by atoms with Gasteiger partial charge in [0.25, 0.3) is 0 Å². The summed E-state index contributed by atoms with van der Waals surface area (Å²) in [5.41, 5.74) is -0.318. The first-order valence-corrected chi connectivity index (χ1v) is 4.25. The highest BCUT2D eigenvalue weighted by atomic mass is 16.7. The largest absolute Gasteiger partial charge is 0.410 e. The fourth-order valence-electron chi connectivity index (χ4n) is 1.13. The molecule has 2 nitrogen and oxygen atoms in total. The van der Waals surface area contributed by atoms with Crippen molar-refractivity contribution < 1.29 is 9.31 Å². The molecule has 0 aromatic rings. The van der Waals surface area contributed by atoms with Crippen LogP contribution in [0.2, 0.25) is 6.82 Å². The number of hydrogen-bond donors (Lipinski definition) is 0. The van der Waals surface area contributed by atoms with Gasteiger partial charge in [-0.3, -0.25) is 0 Å². The van der Waals surface area contributed by atoms with Crippen molar-refractivity contribution in [1.29, 1.82) is 0 Å². The van der Waals surface area contributed by atoms with Crippen molar-refractivity contribution in [2.45, 2.75) is 45.7 Å². The van der Waals surface area contributed by atoms with Crippen LogP contribution in [0.25, 0.3) is 0 Å². The molecule has 0 atom stereocenters. The maximum atomic E-state index is 5.69. The molecule has 1 saturated heterocycles. The van der Waals surface area contributed by atoms with Crippen LogP contribution in [0, 0.1) is 0 Å². The van der Waals surface area contributed by atoms with Gasteiger partial charge in [-0.05, 0) is 27.7 Å². The Labute approximate surface area is 70.0 Å². The van der Waals surface area contributed by atoms with E-state index in [1.807, 2.05) is 0 Å². The van der Waals surface area contributed by atoms with Gasteiger partial charge in [0.15, 0.2) is 7.17 Å². The van der Waals surface area contributed by atoms with E-state index in [2.05, 4.69) is 34.5 Å². The molecule has 0 aromatic heterocycles. The minimum atomic E-state index is -0.159. The van der Waals surface area contributed by atoms with Crippen LogP contribution in [0.15, 0.2) is 0 Å². The molecule has 62 valence electrons. The lowest BCUT2D eigenvalue weighted by Crippen LogP contribution is -2.41. The van der Waals surface area contributed by atoms with Gasteiger partial charge in [-0.2, -0.15) is 0 Å². The van der Waals surface area contributed by atoms with E-state index in [1.54, 1.807) is 0 Å². The summed E-state index contributed by atoms with van der Waals surface area (Å²) < 4.78 is 11.4. The highest BCUT2D eigenvalue weighted by Gasteiger charge is 2.49. The first kappa shape index (κ1) is 9.14. The minimum Gasteiger partial charge on any atom is -0.410 e. The van der Waals surface area contributed by atoms with E-state index in [9.17, 15) is 0 Å². The third kappa shape index (κ3) is 1.47. The number of rotatable bonds is 1. The summed E-state index contributed by atoms with van der Waals surface area (Å²) in [5.74, 6) is 0. The molecule has 4 heteroatoms. The lowest BCUT2D eigenvalue weighted by molar-refractivity contribution is 0.00578. The van der Waals surface area contributed by atoms with Crippen molar-refractivity contribution in [1.82, 2.24) is 0 Å². The quantitative estimate of drug-likeness (QED) is 0.525. The van der Waals surface area contributed by atoms with Crippen LogP contribution in [0.3, 0.4) is 0 Å². The Hall–Kier alpha value is 0.0499. The molecular weight excluding hydrogens is 138 g/mol. The third-order valence-corrected chi connectivity index (χ3v) is 2.64. The molecule has 0 radical (unpaired) electrons. The lowest BCUT2D eigenvalue weighted by atomic mass is 9.45. The van der Waals surface area contributed by atoms with Gasteiger partial charge in [0.05, 0.1) is 11.2 Å². The summed E-state index contributed by atoms with van der Waals surface area (Å²) >= 11 is 0. The van der Waals surface area contributed by atoms with E-state index in [0.29, 0.717) is 0 Å². The summed E-state index contributed by atoms with van der Waals surface area (Å²) in [5, 5.41) is 0. The minimum absolute atomic E-state index is 0.0139. The Balaban J connectivity index is 2.72. The predicted octanol–water partition coefficient (Wildman–Crippen LogP) is 1.06. The van der Waals surface area contributed by atoms with Crippen LogP contribution in [0.5, 0.6) is 0 Å². The zero-order chi connectivity index (χ0) is 8.70. The average molecular weight is 154 g/mol. The Morgan fingerprint density at radius 2 is 1.36 bits per heavy atom. The van der Waals surface area contributed by atoms with Gasteiger partial charge in [-0.15, -0.1) is 0 Å². The fraction of sp³-hybridized carbons (Fsp3) is 1.00. The fourth-order valence-corrected chi connectivity index (χ4v) is 1.13. The van der Waals surface area contributed by atoms with Crippen molar-refractivity contribution in [2.75, 3.05) is 0 Å². The second kappa shape index (κ2) is 2.53. The van der Waals surface area contributed by atoms with E-state index < -0.39 is 0 Å². The Morgan fingerprint density at radius 3 is 1.55 bits per heavy atom. The van der Waals surface area contributed by atoms with Gasteiger partial charge in [0.2, 0.25) is 0 Å². The van der Waals surface area contributed by atoms with Gasteiger partial charge in [-0.1, -0.05) is 6.82 Å². The Bertz CT molecular complexity index is 141. The van der Waals surface area contributed by atoms with E-state index in [1.165, 1.54) is 0 Å². The smallest absolute Gasteiger partial charge is 0.402 e. The van der Waals surface area contributed by atoms with Crippen LogP contribution >= 0.6 is 0 Å². The van der Waals surface area contributed by atoms with E-state index >= 15 is 0 Å². The highest BCUT2D eigenvalue weighted by molar-refractivity contribution is 7.05. The Kier molecular flexibility index (Phi) is 2.10. The van der Waals surface area contributed by atoms with Gasteiger partial charge in [0.1, 0.15) is 0 Å². The number of hydrogen-bond acceptors (Lipinski definition) is 2. The molecule has 0 N–H and O–H groups in total. The monoisotopic (exact) mass is 154 g/mol. The van der Waals surface area contributed by atoms with Crippen LogP contribution in [-0.4, -0.2) is 25.4 Å². The highest BCUT2D eigenvalue weighted by Crippen LogP contribution is 2.36. The molecule has 0 bridgehead atoms. The molecule has 0 aromatic carbocycles. The Morgan fingerprint density at radius 1 is 1.00 bits per heavy atom. The zero-order valence-electron chi connectivity index (χ0n) is 8.10. The van der Waals surface area contributed by atoms with Crippen molar-refractivity contribution in [3.63, 3.8) is 0 Å². The van der Waals surface area contributed by atoms with Gasteiger partial charge in [0, 0.05) is 0 Å². The van der Waals surface area contributed by atoms with E-state index in [-0.39, 0.29) is 18.2 Å². The second-order valence-electron chi connectivity index (χ2n) is 4.09. The van der Waals surface area contributed by atoms with Crippen molar-refractivity contribution in [3.8, 4) is 0 Å². The standard InChI is InChI=1S/C7H16B2O2/c1-6(2)7(3,4)11-9(8-5)10-6/h8H,1-5H3. The molecule has 0 unspecified atom stereocenters. The predicted molar refractivity (Wildman–Crippen MR) is 49.1 cm³/mol.